The van der Waals surface area contributed by atoms with Crippen LogP contribution in [0.25, 0.3) is 5.78 Å². The molecule has 102 valence electrons. The Labute approximate surface area is 118 Å². The smallest absolute Gasteiger partial charge is 0.234 e. The number of anilines is 1. The number of aromatic nitrogens is 3. The van der Waals surface area contributed by atoms with Crippen molar-refractivity contribution in [2.45, 2.75) is 20.4 Å². The molecular weight excluding hydrogens is 248 g/mol. The van der Waals surface area contributed by atoms with Crippen LogP contribution in [0.3, 0.4) is 0 Å². The van der Waals surface area contributed by atoms with Crippen molar-refractivity contribution in [1.29, 1.82) is 0 Å². The summed E-state index contributed by atoms with van der Waals surface area (Å²) < 4.78 is 2.04. The van der Waals surface area contributed by atoms with E-state index in [1.807, 2.05) is 29.5 Å². The van der Waals surface area contributed by atoms with Crippen molar-refractivity contribution in [3.05, 3.63) is 59.7 Å². The zero-order valence-corrected chi connectivity index (χ0v) is 12.0. The molecule has 0 aliphatic heterocycles. The van der Waals surface area contributed by atoms with E-state index in [0.717, 1.165) is 29.4 Å². The second kappa shape index (κ2) is 4.96. The van der Waals surface area contributed by atoms with Crippen LogP contribution in [0, 0.1) is 13.8 Å². The molecule has 0 radical (unpaired) electrons. The molecule has 20 heavy (non-hydrogen) atoms. The molecule has 0 bridgehead atoms. The number of aryl methyl sites for hydroxylation is 2. The highest BCUT2D eigenvalue weighted by Crippen LogP contribution is 2.15. The lowest BCUT2D eigenvalue weighted by Gasteiger charge is -2.17. The Morgan fingerprint density at radius 2 is 1.85 bits per heavy atom. The first-order valence-corrected chi connectivity index (χ1v) is 6.72. The normalized spacial score (nSPS) is 10.9. The van der Waals surface area contributed by atoms with Gasteiger partial charge in [0, 0.05) is 30.3 Å². The van der Waals surface area contributed by atoms with E-state index in [9.17, 15) is 0 Å². The third-order valence-corrected chi connectivity index (χ3v) is 3.41. The van der Waals surface area contributed by atoms with Crippen molar-refractivity contribution in [3.63, 3.8) is 0 Å². The summed E-state index contributed by atoms with van der Waals surface area (Å²) in [6, 6.07) is 12.4. The Morgan fingerprint density at radius 1 is 1.10 bits per heavy atom. The summed E-state index contributed by atoms with van der Waals surface area (Å²) in [5.74, 6) is 0.777. The molecule has 0 saturated heterocycles. The third kappa shape index (κ3) is 2.37. The van der Waals surface area contributed by atoms with Gasteiger partial charge in [-0.15, -0.1) is 0 Å². The summed E-state index contributed by atoms with van der Waals surface area (Å²) in [6.45, 7) is 4.84. The van der Waals surface area contributed by atoms with Crippen LogP contribution in [0.2, 0.25) is 0 Å². The predicted octanol–water partition coefficient (Wildman–Crippen LogP) is 2.98. The summed E-state index contributed by atoms with van der Waals surface area (Å²) in [5, 5.41) is 0. The van der Waals surface area contributed by atoms with E-state index in [2.05, 4.69) is 53.2 Å². The molecule has 0 saturated carbocycles. The summed E-state index contributed by atoms with van der Waals surface area (Å²) in [5.41, 5.74) is 4.38. The van der Waals surface area contributed by atoms with E-state index in [1.165, 1.54) is 5.69 Å². The molecule has 4 heteroatoms. The van der Waals surface area contributed by atoms with Crippen LogP contribution >= 0.6 is 0 Å². The van der Waals surface area contributed by atoms with Gasteiger partial charge in [0.05, 0.1) is 12.2 Å². The van der Waals surface area contributed by atoms with Gasteiger partial charge in [-0.1, -0.05) is 18.2 Å². The van der Waals surface area contributed by atoms with E-state index >= 15 is 0 Å². The van der Waals surface area contributed by atoms with E-state index in [0.29, 0.717) is 0 Å². The maximum atomic E-state index is 4.61. The van der Waals surface area contributed by atoms with E-state index in [4.69, 9.17) is 0 Å². The Morgan fingerprint density at radius 3 is 2.60 bits per heavy atom. The maximum Gasteiger partial charge on any atom is 0.234 e. The zero-order valence-electron chi connectivity index (χ0n) is 12.0. The van der Waals surface area contributed by atoms with Gasteiger partial charge >= 0.3 is 0 Å². The van der Waals surface area contributed by atoms with Crippen LogP contribution in [0.1, 0.15) is 17.1 Å². The fraction of sp³-hybridized carbons (Fsp3) is 0.250. The second-order valence-corrected chi connectivity index (χ2v) is 5.13. The standard InChI is InChI=1S/C16H18N4/c1-12-9-13(2)20-11-14(18-16(20)17-12)10-19(3)15-7-5-4-6-8-15/h4-9,11H,10H2,1-3H3. The molecule has 0 fully saturated rings. The molecule has 0 aliphatic carbocycles. The lowest BCUT2D eigenvalue weighted by molar-refractivity contribution is 0.895. The average molecular weight is 266 g/mol. The van der Waals surface area contributed by atoms with Gasteiger partial charge in [0.25, 0.3) is 0 Å². The lowest BCUT2D eigenvalue weighted by Crippen LogP contribution is -2.16. The average Bonchev–Trinajstić information content (AvgIpc) is 2.82. The van der Waals surface area contributed by atoms with Gasteiger partial charge in [0.2, 0.25) is 5.78 Å². The van der Waals surface area contributed by atoms with E-state index < -0.39 is 0 Å². The van der Waals surface area contributed by atoms with Crippen molar-refractivity contribution in [2.75, 3.05) is 11.9 Å². The van der Waals surface area contributed by atoms with E-state index in [1.54, 1.807) is 0 Å². The second-order valence-electron chi connectivity index (χ2n) is 5.13. The summed E-state index contributed by atoms with van der Waals surface area (Å²) in [6.07, 6.45) is 2.07. The molecule has 0 amide bonds. The van der Waals surface area contributed by atoms with Gasteiger partial charge in [-0.25, -0.2) is 9.97 Å². The van der Waals surface area contributed by atoms with Crippen LogP contribution in [0.15, 0.2) is 42.6 Å². The minimum Gasteiger partial charge on any atom is -0.369 e. The lowest BCUT2D eigenvalue weighted by atomic mass is 10.3. The summed E-state index contributed by atoms with van der Waals surface area (Å²) in [4.78, 5) is 11.3. The minimum atomic E-state index is 0.770. The molecule has 0 unspecified atom stereocenters. The van der Waals surface area contributed by atoms with Gasteiger partial charge in [-0.05, 0) is 32.0 Å². The molecule has 3 rings (SSSR count). The van der Waals surface area contributed by atoms with Crippen molar-refractivity contribution in [1.82, 2.24) is 14.4 Å². The SMILES string of the molecule is Cc1cc(C)n2cc(CN(C)c3ccccc3)nc2n1. The quantitative estimate of drug-likeness (QED) is 0.730. The Bertz CT molecular complexity index is 731. The molecule has 3 aromatic rings. The number of fused-ring (bicyclic) bond motifs is 1. The monoisotopic (exact) mass is 266 g/mol. The molecule has 4 nitrogen and oxygen atoms in total. The number of para-hydroxylation sites is 1. The first-order valence-electron chi connectivity index (χ1n) is 6.72. The third-order valence-electron chi connectivity index (χ3n) is 3.41. The summed E-state index contributed by atoms with van der Waals surface area (Å²) >= 11 is 0. The molecule has 0 atom stereocenters. The maximum absolute atomic E-state index is 4.61. The van der Waals surface area contributed by atoms with Crippen LogP contribution in [-0.4, -0.2) is 21.4 Å². The zero-order chi connectivity index (χ0) is 14.1. The highest BCUT2D eigenvalue weighted by molar-refractivity contribution is 5.46. The predicted molar refractivity (Wildman–Crippen MR) is 81.0 cm³/mol. The van der Waals surface area contributed by atoms with Gasteiger partial charge in [-0.3, -0.25) is 4.40 Å². The van der Waals surface area contributed by atoms with Gasteiger partial charge in [0.15, 0.2) is 0 Å². The fourth-order valence-electron chi connectivity index (χ4n) is 2.41. The number of nitrogens with zero attached hydrogens (tertiary/aromatic N) is 4. The largest absolute Gasteiger partial charge is 0.369 e. The number of imidazole rings is 1. The van der Waals surface area contributed by atoms with Gasteiger partial charge < -0.3 is 4.90 Å². The van der Waals surface area contributed by atoms with Crippen LogP contribution in [-0.2, 0) is 6.54 Å². The Hall–Kier alpha value is -2.36. The highest BCUT2D eigenvalue weighted by atomic mass is 15.1. The number of hydrogen-bond acceptors (Lipinski definition) is 3. The minimum absolute atomic E-state index is 0.770. The van der Waals surface area contributed by atoms with Crippen LogP contribution in [0.5, 0.6) is 0 Å². The molecule has 2 aromatic heterocycles. The number of rotatable bonds is 3. The van der Waals surface area contributed by atoms with Crippen molar-refractivity contribution < 1.29 is 0 Å². The van der Waals surface area contributed by atoms with Crippen molar-refractivity contribution in [2.24, 2.45) is 0 Å². The molecule has 1 aromatic carbocycles. The number of benzene rings is 1. The molecule has 0 N–H and O–H groups in total. The van der Waals surface area contributed by atoms with Crippen molar-refractivity contribution in [3.8, 4) is 0 Å². The highest BCUT2D eigenvalue weighted by Gasteiger charge is 2.08. The molecule has 0 aliphatic rings. The van der Waals surface area contributed by atoms with Crippen LogP contribution in [0.4, 0.5) is 5.69 Å². The first-order chi connectivity index (χ1) is 9.63. The van der Waals surface area contributed by atoms with Gasteiger partial charge in [-0.2, -0.15) is 0 Å². The Kier molecular flexibility index (Phi) is 3.14. The van der Waals surface area contributed by atoms with Gasteiger partial charge in [0.1, 0.15) is 0 Å². The van der Waals surface area contributed by atoms with Crippen LogP contribution < -0.4 is 4.90 Å². The molecule has 2 heterocycles. The number of hydrogen-bond donors (Lipinski definition) is 0. The molecular formula is C16H18N4. The Balaban J connectivity index is 1.90. The van der Waals surface area contributed by atoms with Crippen molar-refractivity contribution >= 4 is 11.5 Å². The fourth-order valence-corrected chi connectivity index (χ4v) is 2.41. The topological polar surface area (TPSA) is 33.4 Å². The van der Waals surface area contributed by atoms with E-state index in [-0.39, 0.29) is 0 Å². The molecule has 0 spiro atoms. The first kappa shape index (κ1) is 12.7. The summed E-state index contributed by atoms with van der Waals surface area (Å²) in [7, 11) is 2.07.